The van der Waals surface area contributed by atoms with Gasteiger partial charge in [0, 0.05) is 11.6 Å². The summed E-state index contributed by atoms with van der Waals surface area (Å²) >= 11 is 0. The normalized spacial score (nSPS) is 12.4. The van der Waals surface area contributed by atoms with E-state index in [1.807, 2.05) is 6.92 Å². The summed E-state index contributed by atoms with van der Waals surface area (Å²) in [5.74, 6) is -0.928. The van der Waals surface area contributed by atoms with Gasteiger partial charge in [-0.05, 0) is 13.0 Å². The number of aryl methyl sites for hydroxylation is 1. The second-order valence-corrected chi connectivity index (χ2v) is 3.27. The maximum absolute atomic E-state index is 10.4. The SMILES string of the molecule is Cc1ccc(O)c([C@H](N)CC(=O)O)c1. The van der Waals surface area contributed by atoms with Crippen LogP contribution in [-0.2, 0) is 4.79 Å². The van der Waals surface area contributed by atoms with Crippen molar-refractivity contribution in [3.63, 3.8) is 0 Å². The van der Waals surface area contributed by atoms with Crippen molar-refractivity contribution in [1.29, 1.82) is 0 Å². The van der Waals surface area contributed by atoms with Gasteiger partial charge in [0.15, 0.2) is 0 Å². The molecular formula is C10H13NO3. The molecule has 1 atom stereocenters. The van der Waals surface area contributed by atoms with Gasteiger partial charge in [0.1, 0.15) is 5.75 Å². The van der Waals surface area contributed by atoms with E-state index in [-0.39, 0.29) is 12.2 Å². The van der Waals surface area contributed by atoms with Crippen LogP contribution in [0.5, 0.6) is 5.75 Å². The molecule has 0 unspecified atom stereocenters. The van der Waals surface area contributed by atoms with Crippen molar-refractivity contribution < 1.29 is 15.0 Å². The van der Waals surface area contributed by atoms with Crippen molar-refractivity contribution in [2.24, 2.45) is 5.73 Å². The van der Waals surface area contributed by atoms with Gasteiger partial charge in [0.05, 0.1) is 6.42 Å². The molecule has 0 saturated heterocycles. The fourth-order valence-corrected chi connectivity index (χ4v) is 1.27. The second kappa shape index (κ2) is 4.11. The number of hydrogen-bond donors (Lipinski definition) is 3. The topological polar surface area (TPSA) is 83.5 Å². The second-order valence-electron chi connectivity index (χ2n) is 3.27. The van der Waals surface area contributed by atoms with E-state index in [1.165, 1.54) is 6.07 Å². The maximum atomic E-state index is 10.4. The Bertz CT molecular complexity index is 349. The lowest BCUT2D eigenvalue weighted by Crippen LogP contribution is -2.15. The van der Waals surface area contributed by atoms with E-state index in [0.717, 1.165) is 5.56 Å². The highest BCUT2D eigenvalue weighted by atomic mass is 16.4. The highest BCUT2D eigenvalue weighted by molar-refractivity contribution is 5.68. The largest absolute Gasteiger partial charge is 0.508 e. The minimum absolute atomic E-state index is 0.0457. The lowest BCUT2D eigenvalue weighted by Gasteiger charge is -2.11. The van der Waals surface area contributed by atoms with E-state index in [0.29, 0.717) is 5.56 Å². The number of phenols is 1. The number of aromatic hydroxyl groups is 1. The summed E-state index contributed by atoms with van der Waals surface area (Å²) in [6, 6.07) is 4.30. The molecule has 0 aliphatic carbocycles. The van der Waals surface area contributed by atoms with Crippen LogP contribution in [0.3, 0.4) is 0 Å². The predicted molar refractivity (Wildman–Crippen MR) is 52.0 cm³/mol. The molecule has 1 aromatic carbocycles. The van der Waals surface area contributed by atoms with Crippen molar-refractivity contribution in [3.05, 3.63) is 29.3 Å². The highest BCUT2D eigenvalue weighted by Gasteiger charge is 2.14. The van der Waals surface area contributed by atoms with Crippen LogP contribution in [0.4, 0.5) is 0 Å². The lowest BCUT2D eigenvalue weighted by molar-refractivity contribution is -0.137. The molecule has 0 saturated carbocycles. The Morgan fingerprint density at radius 3 is 2.79 bits per heavy atom. The summed E-state index contributed by atoms with van der Waals surface area (Å²) in [6.45, 7) is 1.86. The van der Waals surface area contributed by atoms with Crippen molar-refractivity contribution in [2.75, 3.05) is 0 Å². The highest BCUT2D eigenvalue weighted by Crippen LogP contribution is 2.25. The Morgan fingerprint density at radius 2 is 2.21 bits per heavy atom. The maximum Gasteiger partial charge on any atom is 0.305 e. The zero-order valence-corrected chi connectivity index (χ0v) is 7.90. The molecule has 4 nitrogen and oxygen atoms in total. The van der Waals surface area contributed by atoms with Crippen LogP contribution >= 0.6 is 0 Å². The van der Waals surface area contributed by atoms with Crippen LogP contribution in [-0.4, -0.2) is 16.2 Å². The van der Waals surface area contributed by atoms with Gasteiger partial charge in [0.2, 0.25) is 0 Å². The van der Waals surface area contributed by atoms with E-state index >= 15 is 0 Å². The van der Waals surface area contributed by atoms with Gasteiger partial charge >= 0.3 is 5.97 Å². The molecule has 0 aliphatic rings. The molecule has 0 aliphatic heterocycles. The molecule has 1 rings (SSSR count). The number of hydrogen-bond acceptors (Lipinski definition) is 3. The van der Waals surface area contributed by atoms with E-state index in [4.69, 9.17) is 10.8 Å². The Labute approximate surface area is 82.0 Å². The molecule has 76 valence electrons. The molecule has 0 amide bonds. The molecule has 0 bridgehead atoms. The molecule has 0 radical (unpaired) electrons. The summed E-state index contributed by atoms with van der Waals surface area (Å²) in [5.41, 5.74) is 7.05. The van der Waals surface area contributed by atoms with E-state index < -0.39 is 12.0 Å². The summed E-state index contributed by atoms with van der Waals surface area (Å²) in [5, 5.41) is 18.0. The Morgan fingerprint density at radius 1 is 1.57 bits per heavy atom. The standard InChI is InChI=1S/C10H13NO3/c1-6-2-3-9(12)7(4-6)8(11)5-10(13)14/h2-4,8,12H,5,11H2,1H3,(H,13,14)/t8-/m1/s1. The van der Waals surface area contributed by atoms with Crippen LogP contribution in [0.25, 0.3) is 0 Å². The van der Waals surface area contributed by atoms with Crippen LogP contribution < -0.4 is 5.73 Å². The summed E-state index contributed by atoms with van der Waals surface area (Å²) in [4.78, 5) is 10.4. The molecule has 4 N–H and O–H groups in total. The molecule has 0 heterocycles. The van der Waals surface area contributed by atoms with E-state index in [1.54, 1.807) is 12.1 Å². The van der Waals surface area contributed by atoms with Crippen LogP contribution in [0.1, 0.15) is 23.6 Å². The van der Waals surface area contributed by atoms with Gasteiger partial charge in [-0.2, -0.15) is 0 Å². The Balaban J connectivity index is 2.93. The molecule has 0 aromatic heterocycles. The average molecular weight is 195 g/mol. The van der Waals surface area contributed by atoms with Crippen molar-refractivity contribution >= 4 is 5.97 Å². The molecule has 4 heteroatoms. The molecule has 1 aromatic rings. The first-order valence-corrected chi connectivity index (χ1v) is 4.27. The molecule has 0 spiro atoms. The summed E-state index contributed by atoms with van der Waals surface area (Å²) < 4.78 is 0. The molecule has 0 fully saturated rings. The quantitative estimate of drug-likeness (QED) is 0.676. The van der Waals surface area contributed by atoms with Gasteiger partial charge in [0.25, 0.3) is 0 Å². The van der Waals surface area contributed by atoms with Crippen LogP contribution in [0, 0.1) is 6.92 Å². The van der Waals surface area contributed by atoms with Gasteiger partial charge in [-0.1, -0.05) is 17.7 Å². The fourth-order valence-electron chi connectivity index (χ4n) is 1.27. The number of carboxylic acids is 1. The fraction of sp³-hybridized carbons (Fsp3) is 0.300. The van der Waals surface area contributed by atoms with E-state index in [9.17, 15) is 9.90 Å². The predicted octanol–water partition coefficient (Wildman–Crippen LogP) is 1.18. The van der Waals surface area contributed by atoms with Gasteiger partial charge in [-0.25, -0.2) is 0 Å². The van der Waals surface area contributed by atoms with Crippen molar-refractivity contribution in [1.82, 2.24) is 0 Å². The van der Waals surface area contributed by atoms with Crippen molar-refractivity contribution in [3.8, 4) is 5.75 Å². The summed E-state index contributed by atoms with van der Waals surface area (Å²) in [6.07, 6.45) is -0.184. The molecular weight excluding hydrogens is 182 g/mol. The monoisotopic (exact) mass is 195 g/mol. The smallest absolute Gasteiger partial charge is 0.305 e. The first-order valence-electron chi connectivity index (χ1n) is 4.27. The van der Waals surface area contributed by atoms with Crippen molar-refractivity contribution in [2.45, 2.75) is 19.4 Å². The third-order valence-corrected chi connectivity index (χ3v) is 1.98. The lowest BCUT2D eigenvalue weighted by atomic mass is 10.0. The Hall–Kier alpha value is -1.55. The minimum Gasteiger partial charge on any atom is -0.508 e. The number of rotatable bonds is 3. The average Bonchev–Trinajstić information content (AvgIpc) is 2.08. The number of carbonyl (C=O) groups is 1. The first kappa shape index (κ1) is 10.5. The zero-order valence-electron chi connectivity index (χ0n) is 7.90. The first-order chi connectivity index (χ1) is 6.50. The number of carboxylic acid groups (broad SMARTS) is 1. The van der Waals surface area contributed by atoms with E-state index in [2.05, 4.69) is 0 Å². The minimum atomic E-state index is -0.974. The number of aliphatic carboxylic acids is 1. The van der Waals surface area contributed by atoms with Gasteiger partial charge in [-0.3, -0.25) is 4.79 Å². The zero-order chi connectivity index (χ0) is 10.7. The number of nitrogens with two attached hydrogens (primary N) is 1. The van der Waals surface area contributed by atoms with Gasteiger partial charge < -0.3 is 15.9 Å². The third kappa shape index (κ3) is 2.47. The number of phenolic OH excluding ortho intramolecular Hbond substituents is 1. The van der Waals surface area contributed by atoms with Crippen LogP contribution in [0.15, 0.2) is 18.2 Å². The third-order valence-electron chi connectivity index (χ3n) is 1.98. The Kier molecular flexibility index (Phi) is 3.09. The molecule has 14 heavy (non-hydrogen) atoms. The van der Waals surface area contributed by atoms with Gasteiger partial charge in [-0.15, -0.1) is 0 Å². The number of benzene rings is 1. The summed E-state index contributed by atoms with van der Waals surface area (Å²) in [7, 11) is 0. The van der Waals surface area contributed by atoms with Crippen LogP contribution in [0.2, 0.25) is 0 Å².